The Bertz CT molecular complexity index is 197. The number of carboxylic acid groups (broad SMARTS) is 1. The number of hydrogen-bond acceptors (Lipinski definition) is 4. The van der Waals surface area contributed by atoms with Gasteiger partial charge in [0, 0.05) is 6.54 Å². The molecule has 0 aliphatic carbocycles. The molecular formula is C7H16N4O3. The molecule has 0 heterocycles. The number of unbranched alkanes of at least 4 members (excludes halogenated alkanes) is 1. The molecule has 0 bridgehead atoms. The van der Waals surface area contributed by atoms with Gasteiger partial charge in [-0.25, -0.2) is 0 Å². The van der Waals surface area contributed by atoms with E-state index >= 15 is 0 Å². The average Bonchev–Trinajstić information content (AvgIpc) is 2.10. The van der Waals surface area contributed by atoms with Gasteiger partial charge in [0.05, 0.1) is 0 Å². The molecule has 1 atom stereocenters. The SMILES string of the molecule is N=C(N)NCCCC[C@H](NO)C(=O)O. The number of rotatable bonds is 7. The fourth-order valence-electron chi connectivity index (χ4n) is 0.940. The molecule has 0 aliphatic rings. The van der Waals surface area contributed by atoms with Crippen molar-refractivity contribution in [3.63, 3.8) is 0 Å². The van der Waals surface area contributed by atoms with E-state index < -0.39 is 12.0 Å². The van der Waals surface area contributed by atoms with Crippen LogP contribution in [-0.4, -0.2) is 34.8 Å². The quantitative estimate of drug-likeness (QED) is 0.137. The summed E-state index contributed by atoms with van der Waals surface area (Å²) < 4.78 is 0. The lowest BCUT2D eigenvalue weighted by Gasteiger charge is -2.09. The number of hydroxylamine groups is 1. The van der Waals surface area contributed by atoms with Crippen LogP contribution in [0.5, 0.6) is 0 Å². The van der Waals surface area contributed by atoms with E-state index in [9.17, 15) is 4.79 Å². The minimum atomic E-state index is -1.08. The Balaban J connectivity index is 3.42. The van der Waals surface area contributed by atoms with Gasteiger partial charge in [0.2, 0.25) is 0 Å². The number of carboxylic acids is 1. The third kappa shape index (κ3) is 6.21. The van der Waals surface area contributed by atoms with Crippen LogP contribution in [0.1, 0.15) is 19.3 Å². The van der Waals surface area contributed by atoms with Gasteiger partial charge in [-0.1, -0.05) is 0 Å². The summed E-state index contributed by atoms with van der Waals surface area (Å²) in [5.74, 6) is -1.17. The first-order chi connectivity index (χ1) is 6.57. The Morgan fingerprint density at radius 2 is 2.14 bits per heavy atom. The van der Waals surface area contributed by atoms with Gasteiger partial charge in [-0.2, -0.15) is 5.48 Å². The summed E-state index contributed by atoms with van der Waals surface area (Å²) in [7, 11) is 0. The summed E-state index contributed by atoms with van der Waals surface area (Å²) in [6.45, 7) is 0.535. The molecule has 0 unspecified atom stereocenters. The molecule has 0 aliphatic heterocycles. The molecule has 0 saturated carbocycles. The summed E-state index contributed by atoms with van der Waals surface area (Å²) in [5.41, 5.74) is 6.75. The Morgan fingerprint density at radius 1 is 1.50 bits per heavy atom. The van der Waals surface area contributed by atoms with Crippen molar-refractivity contribution in [2.75, 3.05) is 6.54 Å². The third-order valence-electron chi connectivity index (χ3n) is 1.69. The van der Waals surface area contributed by atoms with Gasteiger partial charge in [0.1, 0.15) is 6.04 Å². The van der Waals surface area contributed by atoms with Crippen LogP contribution in [0.2, 0.25) is 0 Å². The van der Waals surface area contributed by atoms with Gasteiger partial charge >= 0.3 is 5.97 Å². The molecular weight excluding hydrogens is 188 g/mol. The van der Waals surface area contributed by atoms with Crippen LogP contribution >= 0.6 is 0 Å². The molecule has 0 amide bonds. The van der Waals surface area contributed by atoms with Gasteiger partial charge in [0.15, 0.2) is 5.96 Å². The standard InChI is InChI=1S/C7H16N4O3/c8-7(9)10-4-2-1-3-5(11-14)6(12)13/h5,11,14H,1-4H2,(H,12,13)(H4,8,9,10)/t5-/m0/s1. The predicted octanol–water partition coefficient (Wildman–Crippen LogP) is -0.928. The van der Waals surface area contributed by atoms with Gasteiger partial charge in [-0.3, -0.25) is 10.2 Å². The molecule has 7 nitrogen and oxygen atoms in total. The zero-order chi connectivity index (χ0) is 11.0. The first-order valence-corrected chi connectivity index (χ1v) is 4.28. The van der Waals surface area contributed by atoms with Crippen LogP contribution in [0.4, 0.5) is 0 Å². The van der Waals surface area contributed by atoms with Gasteiger partial charge in [0.25, 0.3) is 0 Å². The van der Waals surface area contributed by atoms with Crippen LogP contribution < -0.4 is 16.5 Å². The van der Waals surface area contributed by atoms with Crippen molar-refractivity contribution in [3.8, 4) is 0 Å². The zero-order valence-electron chi connectivity index (χ0n) is 7.79. The van der Waals surface area contributed by atoms with Crippen molar-refractivity contribution in [1.82, 2.24) is 10.8 Å². The van der Waals surface area contributed by atoms with E-state index in [0.717, 1.165) is 0 Å². The Hall–Kier alpha value is -1.34. The normalized spacial score (nSPS) is 12.1. The second kappa shape index (κ2) is 7.10. The largest absolute Gasteiger partial charge is 0.480 e. The van der Waals surface area contributed by atoms with E-state index in [1.54, 1.807) is 5.48 Å². The van der Waals surface area contributed by atoms with Crippen LogP contribution in [0, 0.1) is 5.41 Å². The fourth-order valence-corrected chi connectivity index (χ4v) is 0.940. The molecule has 0 aromatic rings. The summed E-state index contributed by atoms with van der Waals surface area (Å²) in [5, 5.41) is 26.4. The smallest absolute Gasteiger partial charge is 0.323 e. The topological polar surface area (TPSA) is 131 Å². The van der Waals surface area contributed by atoms with E-state index in [1.165, 1.54) is 0 Å². The Morgan fingerprint density at radius 3 is 2.57 bits per heavy atom. The Kier molecular flexibility index (Phi) is 6.42. The molecule has 0 spiro atoms. The van der Waals surface area contributed by atoms with Crippen molar-refractivity contribution >= 4 is 11.9 Å². The molecule has 0 saturated heterocycles. The molecule has 0 aromatic heterocycles. The van der Waals surface area contributed by atoms with Gasteiger partial charge in [-0.05, 0) is 19.3 Å². The number of nitrogens with one attached hydrogen (secondary N) is 3. The lowest BCUT2D eigenvalue weighted by molar-refractivity contribution is -0.142. The zero-order valence-corrected chi connectivity index (χ0v) is 7.79. The highest BCUT2D eigenvalue weighted by Gasteiger charge is 2.14. The van der Waals surface area contributed by atoms with E-state index in [2.05, 4.69) is 5.32 Å². The molecule has 0 radical (unpaired) electrons. The van der Waals surface area contributed by atoms with E-state index in [1.807, 2.05) is 0 Å². The molecule has 14 heavy (non-hydrogen) atoms. The molecule has 0 rings (SSSR count). The van der Waals surface area contributed by atoms with Crippen molar-refractivity contribution in [3.05, 3.63) is 0 Å². The number of nitrogens with two attached hydrogens (primary N) is 1. The van der Waals surface area contributed by atoms with Crippen molar-refractivity contribution < 1.29 is 15.1 Å². The van der Waals surface area contributed by atoms with Crippen LogP contribution in [0.15, 0.2) is 0 Å². The van der Waals surface area contributed by atoms with Crippen LogP contribution in [0.25, 0.3) is 0 Å². The molecule has 0 aromatic carbocycles. The maximum atomic E-state index is 10.4. The highest BCUT2D eigenvalue weighted by Crippen LogP contribution is 1.99. The Labute approximate surface area is 81.8 Å². The van der Waals surface area contributed by atoms with E-state index in [-0.39, 0.29) is 5.96 Å². The maximum absolute atomic E-state index is 10.4. The summed E-state index contributed by atoms with van der Waals surface area (Å²) in [6.07, 6.45) is 1.67. The summed E-state index contributed by atoms with van der Waals surface area (Å²) in [4.78, 5) is 10.4. The lowest BCUT2D eigenvalue weighted by Crippen LogP contribution is -2.34. The highest BCUT2D eigenvalue weighted by atomic mass is 16.5. The number of guanidine groups is 1. The first-order valence-electron chi connectivity index (χ1n) is 4.28. The molecule has 7 N–H and O–H groups in total. The van der Waals surface area contributed by atoms with Crippen molar-refractivity contribution in [2.45, 2.75) is 25.3 Å². The van der Waals surface area contributed by atoms with Crippen molar-refractivity contribution in [2.24, 2.45) is 5.73 Å². The first kappa shape index (κ1) is 12.7. The molecule has 82 valence electrons. The van der Waals surface area contributed by atoms with Gasteiger partial charge < -0.3 is 21.4 Å². The van der Waals surface area contributed by atoms with E-state index in [4.69, 9.17) is 21.5 Å². The number of hydrogen-bond donors (Lipinski definition) is 6. The van der Waals surface area contributed by atoms with Crippen LogP contribution in [0.3, 0.4) is 0 Å². The maximum Gasteiger partial charge on any atom is 0.323 e. The lowest BCUT2D eigenvalue weighted by atomic mass is 10.1. The summed E-state index contributed by atoms with van der Waals surface area (Å²) in [6, 6.07) is -0.924. The average molecular weight is 204 g/mol. The molecule has 7 heteroatoms. The fraction of sp³-hybridized carbons (Fsp3) is 0.714. The minimum absolute atomic E-state index is 0.0972. The minimum Gasteiger partial charge on any atom is -0.480 e. The monoisotopic (exact) mass is 204 g/mol. The van der Waals surface area contributed by atoms with Crippen molar-refractivity contribution in [1.29, 1.82) is 5.41 Å². The van der Waals surface area contributed by atoms with E-state index in [0.29, 0.717) is 25.8 Å². The third-order valence-corrected chi connectivity index (χ3v) is 1.69. The second-order valence-corrected chi connectivity index (χ2v) is 2.86. The number of carbonyl (C=O) groups is 1. The van der Waals surface area contributed by atoms with Gasteiger partial charge in [-0.15, -0.1) is 0 Å². The second-order valence-electron chi connectivity index (χ2n) is 2.86. The molecule has 0 fully saturated rings. The highest BCUT2D eigenvalue weighted by molar-refractivity contribution is 5.74. The number of aliphatic carboxylic acids is 1. The van der Waals surface area contributed by atoms with Crippen LogP contribution in [-0.2, 0) is 4.79 Å². The predicted molar refractivity (Wildman–Crippen MR) is 50.1 cm³/mol. The summed E-state index contributed by atoms with van der Waals surface area (Å²) >= 11 is 0.